The zero-order valence-electron chi connectivity index (χ0n) is 16.7. The second kappa shape index (κ2) is 8.15. The summed E-state index contributed by atoms with van der Waals surface area (Å²) in [7, 11) is 0. The van der Waals surface area contributed by atoms with Crippen LogP contribution in [0, 0.1) is 13.8 Å². The molecular formula is C23H26O5. The van der Waals surface area contributed by atoms with Gasteiger partial charge in [0.1, 0.15) is 18.3 Å². The number of carbonyl (C=O) groups excluding carboxylic acids is 2. The molecule has 0 aromatic heterocycles. The summed E-state index contributed by atoms with van der Waals surface area (Å²) in [4.78, 5) is 24.8. The minimum Gasteiger partial charge on any atom is -0.459 e. The number of ether oxygens (including phenoxy) is 3. The molecule has 1 heterocycles. The van der Waals surface area contributed by atoms with E-state index in [0.29, 0.717) is 17.5 Å². The zero-order valence-corrected chi connectivity index (χ0v) is 16.7. The van der Waals surface area contributed by atoms with Crippen molar-refractivity contribution in [1.82, 2.24) is 0 Å². The van der Waals surface area contributed by atoms with E-state index in [-0.39, 0.29) is 12.7 Å². The molecule has 2 aromatic rings. The van der Waals surface area contributed by atoms with Crippen LogP contribution in [0.4, 0.5) is 0 Å². The van der Waals surface area contributed by atoms with Gasteiger partial charge in [-0.05, 0) is 52.0 Å². The van der Waals surface area contributed by atoms with Crippen molar-refractivity contribution < 1.29 is 23.8 Å². The van der Waals surface area contributed by atoms with Gasteiger partial charge in [-0.25, -0.2) is 9.59 Å². The highest BCUT2D eigenvalue weighted by Gasteiger charge is 2.47. The van der Waals surface area contributed by atoms with Crippen LogP contribution in [0.2, 0.25) is 0 Å². The molecule has 5 heteroatoms. The molecule has 2 aromatic carbocycles. The lowest BCUT2D eigenvalue weighted by Gasteiger charge is -2.29. The highest BCUT2D eigenvalue weighted by atomic mass is 16.6. The molecule has 3 rings (SSSR count). The SMILES string of the molecule is Cc1ccc(C(=O)OCC2(C)O[C@@H](C)C[C@@H]2OC(=O)c2ccc(C)cc2)cc1. The summed E-state index contributed by atoms with van der Waals surface area (Å²) in [5.74, 6) is -0.827. The Morgan fingerprint density at radius 2 is 1.46 bits per heavy atom. The fourth-order valence-electron chi connectivity index (χ4n) is 3.30. The summed E-state index contributed by atoms with van der Waals surface area (Å²) in [5, 5.41) is 0. The fourth-order valence-corrected chi connectivity index (χ4v) is 3.30. The summed E-state index contributed by atoms with van der Waals surface area (Å²) in [6.45, 7) is 7.65. The van der Waals surface area contributed by atoms with Crippen LogP contribution in [0.3, 0.4) is 0 Å². The second-order valence-corrected chi connectivity index (χ2v) is 7.68. The minimum atomic E-state index is -0.889. The van der Waals surface area contributed by atoms with Gasteiger partial charge >= 0.3 is 11.9 Å². The molecule has 1 aliphatic heterocycles. The van der Waals surface area contributed by atoms with Gasteiger partial charge in [0, 0.05) is 6.42 Å². The number of benzene rings is 2. The first-order valence-corrected chi connectivity index (χ1v) is 9.46. The zero-order chi connectivity index (χ0) is 20.3. The molecule has 1 unspecified atom stereocenters. The predicted molar refractivity (Wildman–Crippen MR) is 105 cm³/mol. The molecule has 0 amide bonds. The van der Waals surface area contributed by atoms with E-state index >= 15 is 0 Å². The number of hydrogen-bond acceptors (Lipinski definition) is 5. The topological polar surface area (TPSA) is 61.8 Å². The van der Waals surface area contributed by atoms with Crippen molar-refractivity contribution in [3.8, 4) is 0 Å². The molecule has 0 saturated carbocycles. The number of hydrogen-bond donors (Lipinski definition) is 0. The Morgan fingerprint density at radius 3 is 2.00 bits per heavy atom. The third-order valence-electron chi connectivity index (χ3n) is 5.01. The molecule has 28 heavy (non-hydrogen) atoms. The minimum absolute atomic E-state index is 0.00982. The van der Waals surface area contributed by atoms with Crippen LogP contribution in [0.25, 0.3) is 0 Å². The molecule has 3 atom stereocenters. The van der Waals surface area contributed by atoms with E-state index in [2.05, 4.69) is 0 Å². The standard InChI is InChI=1S/C23H26O5/c1-15-5-9-18(10-6-15)21(24)26-14-23(4)20(13-17(3)28-23)27-22(25)19-11-7-16(2)8-12-19/h5-12,17,20H,13-14H2,1-4H3/t17-,20-,23?/m0/s1. The Morgan fingerprint density at radius 1 is 0.964 bits per heavy atom. The third kappa shape index (κ3) is 4.60. The highest BCUT2D eigenvalue weighted by molar-refractivity contribution is 5.90. The Kier molecular flexibility index (Phi) is 5.84. The van der Waals surface area contributed by atoms with Crippen molar-refractivity contribution in [2.75, 3.05) is 6.61 Å². The molecule has 1 fully saturated rings. The van der Waals surface area contributed by atoms with Crippen molar-refractivity contribution in [3.05, 3.63) is 70.8 Å². The van der Waals surface area contributed by atoms with E-state index in [4.69, 9.17) is 14.2 Å². The molecule has 148 valence electrons. The lowest BCUT2D eigenvalue weighted by atomic mass is 9.99. The summed E-state index contributed by atoms with van der Waals surface area (Å²) < 4.78 is 17.2. The van der Waals surface area contributed by atoms with Gasteiger partial charge in [-0.3, -0.25) is 0 Å². The van der Waals surface area contributed by atoms with Crippen molar-refractivity contribution in [2.24, 2.45) is 0 Å². The molecule has 0 bridgehead atoms. The lowest BCUT2D eigenvalue weighted by molar-refractivity contribution is -0.103. The van der Waals surface area contributed by atoms with E-state index in [9.17, 15) is 9.59 Å². The van der Waals surface area contributed by atoms with Gasteiger partial charge < -0.3 is 14.2 Å². The van der Waals surface area contributed by atoms with Gasteiger partial charge in [0.25, 0.3) is 0 Å². The van der Waals surface area contributed by atoms with Crippen molar-refractivity contribution in [1.29, 1.82) is 0 Å². The number of aryl methyl sites for hydroxylation is 2. The molecule has 5 nitrogen and oxygen atoms in total. The fraction of sp³-hybridized carbons (Fsp3) is 0.391. The first kappa shape index (κ1) is 20.1. The predicted octanol–water partition coefficient (Wildman–Crippen LogP) is 4.25. The molecular weight excluding hydrogens is 356 g/mol. The van der Waals surface area contributed by atoms with Gasteiger partial charge in [0.2, 0.25) is 0 Å². The summed E-state index contributed by atoms with van der Waals surface area (Å²) in [6.07, 6.45) is -0.0445. The molecule has 1 saturated heterocycles. The van der Waals surface area contributed by atoms with Crippen LogP contribution in [0.5, 0.6) is 0 Å². The van der Waals surface area contributed by atoms with Gasteiger partial charge in [-0.1, -0.05) is 35.4 Å². The molecule has 0 N–H and O–H groups in total. The van der Waals surface area contributed by atoms with Crippen LogP contribution in [0.15, 0.2) is 48.5 Å². The van der Waals surface area contributed by atoms with E-state index < -0.39 is 23.6 Å². The summed E-state index contributed by atoms with van der Waals surface area (Å²) in [6, 6.07) is 14.4. The average Bonchev–Trinajstić information content (AvgIpc) is 2.94. The van der Waals surface area contributed by atoms with Crippen LogP contribution >= 0.6 is 0 Å². The van der Waals surface area contributed by atoms with Gasteiger partial charge in [0.05, 0.1) is 17.2 Å². The van der Waals surface area contributed by atoms with Crippen molar-refractivity contribution >= 4 is 11.9 Å². The average molecular weight is 382 g/mol. The summed E-state index contributed by atoms with van der Waals surface area (Å²) in [5.41, 5.74) is 2.22. The van der Waals surface area contributed by atoms with Crippen LogP contribution < -0.4 is 0 Å². The Bertz CT molecular complexity index is 840. The number of rotatable bonds is 5. The van der Waals surface area contributed by atoms with Gasteiger partial charge in [-0.15, -0.1) is 0 Å². The lowest BCUT2D eigenvalue weighted by Crippen LogP contribution is -2.44. The third-order valence-corrected chi connectivity index (χ3v) is 5.01. The molecule has 0 spiro atoms. The molecule has 0 aliphatic carbocycles. The quantitative estimate of drug-likeness (QED) is 0.724. The van der Waals surface area contributed by atoms with E-state index in [1.807, 2.05) is 52.0 Å². The monoisotopic (exact) mass is 382 g/mol. The van der Waals surface area contributed by atoms with E-state index in [1.165, 1.54) is 0 Å². The van der Waals surface area contributed by atoms with Crippen LogP contribution in [-0.2, 0) is 14.2 Å². The number of carbonyl (C=O) groups is 2. The van der Waals surface area contributed by atoms with Crippen molar-refractivity contribution in [3.63, 3.8) is 0 Å². The van der Waals surface area contributed by atoms with Gasteiger partial charge in [0.15, 0.2) is 0 Å². The van der Waals surface area contributed by atoms with E-state index in [0.717, 1.165) is 11.1 Å². The van der Waals surface area contributed by atoms with Gasteiger partial charge in [-0.2, -0.15) is 0 Å². The van der Waals surface area contributed by atoms with Crippen LogP contribution in [0.1, 0.15) is 52.1 Å². The smallest absolute Gasteiger partial charge is 0.338 e. The maximum Gasteiger partial charge on any atom is 0.338 e. The first-order valence-electron chi connectivity index (χ1n) is 9.46. The first-order chi connectivity index (χ1) is 13.3. The Balaban J connectivity index is 1.65. The number of esters is 2. The highest BCUT2D eigenvalue weighted by Crippen LogP contribution is 2.34. The molecule has 0 radical (unpaired) electrons. The van der Waals surface area contributed by atoms with Crippen molar-refractivity contribution in [2.45, 2.75) is 51.9 Å². The summed E-state index contributed by atoms with van der Waals surface area (Å²) >= 11 is 0. The maximum atomic E-state index is 12.5. The Hall–Kier alpha value is -2.66. The molecule has 1 aliphatic rings. The normalized spacial score (nSPS) is 24.0. The van der Waals surface area contributed by atoms with Crippen LogP contribution in [-0.4, -0.2) is 36.4 Å². The van der Waals surface area contributed by atoms with E-state index in [1.54, 1.807) is 24.3 Å². The maximum absolute atomic E-state index is 12.5. The largest absolute Gasteiger partial charge is 0.459 e. The Labute approximate surface area is 165 Å². The second-order valence-electron chi connectivity index (χ2n) is 7.68.